The number of nitrogens with zero attached hydrogens (tertiary/aromatic N) is 2. The van der Waals surface area contributed by atoms with Crippen LogP contribution in [0.4, 0.5) is 0 Å². The second-order valence-corrected chi connectivity index (χ2v) is 6.33. The van der Waals surface area contributed by atoms with E-state index in [-0.39, 0.29) is 11.9 Å². The van der Waals surface area contributed by atoms with Gasteiger partial charge in [0, 0.05) is 6.26 Å². The molecule has 7 heteroatoms. The number of hydrogen-bond donors (Lipinski definition) is 1. The number of hydrogen-bond acceptors (Lipinski definition) is 6. The van der Waals surface area contributed by atoms with E-state index in [4.69, 9.17) is 4.42 Å². The normalized spacial score (nSPS) is 15.8. The Hall–Kier alpha value is -0.950. The Morgan fingerprint density at radius 2 is 1.88 bits per heavy atom. The van der Waals surface area contributed by atoms with Crippen LogP contribution in [-0.4, -0.2) is 31.4 Å². The largest absolute Gasteiger partial charge is 0.422 e. The van der Waals surface area contributed by atoms with Crippen LogP contribution < -0.4 is 5.32 Å². The molecule has 0 saturated carbocycles. The third kappa shape index (κ3) is 3.50. The summed E-state index contributed by atoms with van der Waals surface area (Å²) in [6.45, 7) is 6.31. The van der Waals surface area contributed by atoms with Gasteiger partial charge in [-0.15, -0.1) is 10.2 Å². The molecule has 17 heavy (non-hydrogen) atoms. The molecule has 0 aliphatic rings. The van der Waals surface area contributed by atoms with Gasteiger partial charge in [-0.1, -0.05) is 13.8 Å². The van der Waals surface area contributed by atoms with Crippen molar-refractivity contribution in [1.82, 2.24) is 15.5 Å². The predicted molar refractivity (Wildman–Crippen MR) is 64.3 cm³/mol. The Morgan fingerprint density at radius 3 is 2.35 bits per heavy atom. The molecule has 0 aliphatic carbocycles. The van der Waals surface area contributed by atoms with Gasteiger partial charge >= 0.3 is 0 Å². The fourth-order valence-corrected chi connectivity index (χ4v) is 1.85. The molecule has 1 aromatic rings. The topological polar surface area (TPSA) is 85.1 Å². The lowest BCUT2D eigenvalue weighted by Crippen LogP contribution is -2.20. The first-order valence-electron chi connectivity index (χ1n) is 5.65. The number of aromatic nitrogens is 2. The second-order valence-electron chi connectivity index (χ2n) is 3.97. The van der Waals surface area contributed by atoms with Crippen LogP contribution in [0.3, 0.4) is 0 Å². The van der Waals surface area contributed by atoms with E-state index in [9.17, 15) is 8.42 Å². The van der Waals surface area contributed by atoms with Crippen LogP contribution >= 0.6 is 0 Å². The second kappa shape index (κ2) is 5.59. The summed E-state index contributed by atoms with van der Waals surface area (Å²) in [6, 6.07) is -0.0204. The maximum atomic E-state index is 11.4. The van der Waals surface area contributed by atoms with Crippen molar-refractivity contribution in [2.75, 3.05) is 12.8 Å². The van der Waals surface area contributed by atoms with Crippen LogP contribution in [0.5, 0.6) is 0 Å². The Bertz CT molecular complexity index is 455. The van der Waals surface area contributed by atoms with Crippen LogP contribution in [0.1, 0.15) is 50.3 Å². The smallest absolute Gasteiger partial charge is 0.234 e. The summed E-state index contributed by atoms with van der Waals surface area (Å²) in [5, 5.41) is 10.1. The Balaban J connectivity index is 2.91. The minimum Gasteiger partial charge on any atom is -0.422 e. The molecule has 1 rings (SSSR count). The highest BCUT2D eigenvalue weighted by Gasteiger charge is 2.25. The van der Waals surface area contributed by atoms with E-state index in [2.05, 4.69) is 15.5 Å². The van der Waals surface area contributed by atoms with Gasteiger partial charge in [-0.3, -0.25) is 0 Å². The molecule has 2 atom stereocenters. The van der Waals surface area contributed by atoms with Crippen molar-refractivity contribution < 1.29 is 12.8 Å². The summed E-state index contributed by atoms with van der Waals surface area (Å²) >= 11 is 0. The molecule has 0 aliphatic heterocycles. The molecule has 1 aromatic heterocycles. The van der Waals surface area contributed by atoms with Gasteiger partial charge in [0.2, 0.25) is 11.8 Å². The van der Waals surface area contributed by atoms with Gasteiger partial charge in [0.25, 0.3) is 0 Å². The van der Waals surface area contributed by atoms with Crippen LogP contribution in [0.2, 0.25) is 0 Å². The minimum absolute atomic E-state index is 0.0204. The maximum Gasteiger partial charge on any atom is 0.234 e. The van der Waals surface area contributed by atoms with Crippen LogP contribution in [0, 0.1) is 0 Å². The van der Waals surface area contributed by atoms with E-state index >= 15 is 0 Å². The van der Waals surface area contributed by atoms with E-state index in [0.717, 1.165) is 19.2 Å². The molecule has 0 fully saturated rings. The number of sulfone groups is 1. The molecule has 0 saturated heterocycles. The lowest BCUT2D eigenvalue weighted by Gasteiger charge is -2.10. The van der Waals surface area contributed by atoms with Gasteiger partial charge in [0.05, 0.1) is 6.04 Å². The molecular formula is C10H19N3O3S. The van der Waals surface area contributed by atoms with Gasteiger partial charge < -0.3 is 9.73 Å². The van der Waals surface area contributed by atoms with Crippen LogP contribution in [0.15, 0.2) is 4.42 Å². The van der Waals surface area contributed by atoms with E-state index in [1.165, 1.54) is 0 Å². The Labute approximate surface area is 102 Å². The SMILES string of the molecule is CCNC(CC)c1nnc(C(C)S(C)(=O)=O)o1. The number of rotatable bonds is 6. The quantitative estimate of drug-likeness (QED) is 0.829. The summed E-state index contributed by atoms with van der Waals surface area (Å²) in [4.78, 5) is 0. The molecule has 0 bridgehead atoms. The highest BCUT2D eigenvalue weighted by Crippen LogP contribution is 2.22. The molecule has 2 unspecified atom stereocenters. The molecule has 0 spiro atoms. The zero-order valence-corrected chi connectivity index (χ0v) is 11.4. The summed E-state index contributed by atoms with van der Waals surface area (Å²) in [5.41, 5.74) is 0. The van der Waals surface area contributed by atoms with Gasteiger partial charge in [-0.25, -0.2) is 8.42 Å². The lowest BCUT2D eigenvalue weighted by molar-refractivity contribution is 0.375. The molecule has 1 heterocycles. The standard InChI is InChI=1S/C10H19N3O3S/c1-5-8(11-6-2)10-13-12-9(16-10)7(3)17(4,14)15/h7-8,11H,5-6H2,1-4H3. The minimum atomic E-state index is -3.20. The van der Waals surface area contributed by atoms with Crippen LogP contribution in [-0.2, 0) is 9.84 Å². The van der Waals surface area contributed by atoms with Crippen molar-refractivity contribution in [3.63, 3.8) is 0 Å². The first-order chi connectivity index (χ1) is 7.90. The van der Waals surface area contributed by atoms with Crippen molar-refractivity contribution in [1.29, 1.82) is 0 Å². The van der Waals surface area contributed by atoms with Crippen molar-refractivity contribution in [2.24, 2.45) is 0 Å². The van der Waals surface area contributed by atoms with Crippen molar-refractivity contribution in [3.8, 4) is 0 Å². The first-order valence-corrected chi connectivity index (χ1v) is 7.61. The third-order valence-corrected chi connectivity index (χ3v) is 4.09. The van der Waals surface area contributed by atoms with Gasteiger partial charge in [-0.2, -0.15) is 0 Å². The Kier molecular flexibility index (Phi) is 4.64. The average Bonchev–Trinajstić information content (AvgIpc) is 2.72. The molecule has 98 valence electrons. The summed E-state index contributed by atoms with van der Waals surface area (Å²) < 4.78 is 28.1. The van der Waals surface area contributed by atoms with Crippen molar-refractivity contribution in [3.05, 3.63) is 11.8 Å². The van der Waals surface area contributed by atoms with Gasteiger partial charge in [-0.05, 0) is 19.9 Å². The fourth-order valence-electron chi connectivity index (χ4n) is 1.39. The molecule has 6 nitrogen and oxygen atoms in total. The zero-order valence-electron chi connectivity index (χ0n) is 10.6. The lowest BCUT2D eigenvalue weighted by atomic mass is 10.2. The zero-order chi connectivity index (χ0) is 13.1. The predicted octanol–water partition coefficient (Wildman–Crippen LogP) is 1.24. The average molecular weight is 261 g/mol. The van der Waals surface area contributed by atoms with Crippen molar-refractivity contribution >= 4 is 9.84 Å². The molecule has 0 aromatic carbocycles. The summed E-state index contributed by atoms with van der Waals surface area (Å²) in [6.07, 6.45) is 1.96. The van der Waals surface area contributed by atoms with Gasteiger partial charge in [0.15, 0.2) is 9.84 Å². The molecule has 1 N–H and O–H groups in total. The Morgan fingerprint density at radius 1 is 1.29 bits per heavy atom. The van der Waals surface area contributed by atoms with E-state index < -0.39 is 15.1 Å². The first kappa shape index (κ1) is 14.1. The van der Waals surface area contributed by atoms with Crippen molar-refractivity contribution in [2.45, 2.75) is 38.5 Å². The molecular weight excluding hydrogens is 242 g/mol. The highest BCUT2D eigenvalue weighted by molar-refractivity contribution is 7.90. The van der Waals surface area contributed by atoms with Gasteiger partial charge in [0.1, 0.15) is 5.25 Å². The fraction of sp³-hybridized carbons (Fsp3) is 0.800. The summed E-state index contributed by atoms with van der Waals surface area (Å²) in [5.74, 6) is 0.596. The molecule has 0 amide bonds. The number of nitrogens with one attached hydrogen (secondary N) is 1. The third-order valence-electron chi connectivity index (χ3n) is 2.60. The van der Waals surface area contributed by atoms with E-state index in [1.54, 1.807) is 6.92 Å². The summed E-state index contributed by atoms with van der Waals surface area (Å²) in [7, 11) is -3.20. The van der Waals surface area contributed by atoms with E-state index in [0.29, 0.717) is 5.89 Å². The monoisotopic (exact) mass is 261 g/mol. The van der Waals surface area contributed by atoms with E-state index in [1.807, 2.05) is 13.8 Å². The van der Waals surface area contributed by atoms with Crippen LogP contribution in [0.25, 0.3) is 0 Å². The maximum absolute atomic E-state index is 11.4. The highest BCUT2D eigenvalue weighted by atomic mass is 32.2. The molecule has 0 radical (unpaired) electrons.